The SMILES string of the molecule is COc1ccc(C2=C(N3CC(C)OC(C)C3)C(=O)N(c3ccc(C#N)cc3)C2=O)cc1OC. The molecule has 0 saturated carbocycles. The molecule has 170 valence electrons. The van der Waals surface area contributed by atoms with E-state index in [1.54, 1.807) is 42.5 Å². The Morgan fingerprint density at radius 1 is 0.939 bits per heavy atom. The fourth-order valence-corrected chi connectivity index (χ4v) is 4.34. The van der Waals surface area contributed by atoms with E-state index in [0.717, 1.165) is 4.90 Å². The topological polar surface area (TPSA) is 92.1 Å². The lowest BCUT2D eigenvalue weighted by Gasteiger charge is -2.37. The summed E-state index contributed by atoms with van der Waals surface area (Å²) in [5.74, 6) is 0.148. The minimum atomic E-state index is -0.432. The first-order chi connectivity index (χ1) is 15.9. The van der Waals surface area contributed by atoms with Crippen molar-refractivity contribution in [3.05, 3.63) is 59.3 Å². The molecule has 0 N–H and O–H groups in total. The molecule has 8 nitrogen and oxygen atoms in total. The summed E-state index contributed by atoms with van der Waals surface area (Å²) in [4.78, 5) is 30.5. The third-order valence-corrected chi connectivity index (χ3v) is 5.72. The Labute approximate surface area is 192 Å². The van der Waals surface area contributed by atoms with Gasteiger partial charge in [0.05, 0.1) is 49.3 Å². The van der Waals surface area contributed by atoms with E-state index < -0.39 is 11.8 Å². The lowest BCUT2D eigenvalue weighted by atomic mass is 10.0. The zero-order valence-corrected chi connectivity index (χ0v) is 19.0. The van der Waals surface area contributed by atoms with Crippen molar-refractivity contribution < 1.29 is 23.8 Å². The standard InChI is InChI=1S/C25H25N3O5/c1-15-13-27(14-16(2)33-15)23-22(18-7-10-20(31-3)21(11-18)32-4)24(29)28(25(23)30)19-8-5-17(12-26)6-9-19/h5-11,15-16H,13-14H2,1-4H3. The first-order valence-electron chi connectivity index (χ1n) is 10.6. The number of benzene rings is 2. The Bertz CT molecular complexity index is 1160. The summed E-state index contributed by atoms with van der Waals surface area (Å²) < 4.78 is 16.6. The Morgan fingerprint density at radius 2 is 1.58 bits per heavy atom. The third kappa shape index (κ3) is 4.03. The van der Waals surface area contributed by atoms with Crippen LogP contribution in [0, 0.1) is 11.3 Å². The maximum Gasteiger partial charge on any atom is 0.282 e. The molecule has 1 saturated heterocycles. The molecule has 2 aromatic rings. The number of imide groups is 1. The Balaban J connectivity index is 1.85. The molecule has 0 spiro atoms. The second kappa shape index (κ2) is 8.96. The molecule has 2 atom stereocenters. The first kappa shape index (κ1) is 22.4. The summed E-state index contributed by atoms with van der Waals surface area (Å²) in [6.45, 7) is 4.85. The van der Waals surface area contributed by atoms with E-state index in [1.165, 1.54) is 14.2 Å². The highest BCUT2D eigenvalue weighted by Gasteiger charge is 2.44. The van der Waals surface area contributed by atoms with Gasteiger partial charge in [-0.2, -0.15) is 5.26 Å². The maximum atomic E-state index is 13.7. The highest BCUT2D eigenvalue weighted by molar-refractivity contribution is 6.45. The molecular weight excluding hydrogens is 422 g/mol. The summed E-state index contributed by atoms with van der Waals surface area (Å²) >= 11 is 0. The van der Waals surface area contributed by atoms with Gasteiger partial charge in [-0.15, -0.1) is 0 Å². The summed E-state index contributed by atoms with van der Waals surface area (Å²) in [6, 6.07) is 13.6. The molecule has 0 bridgehead atoms. The van der Waals surface area contributed by atoms with Gasteiger partial charge >= 0.3 is 0 Å². The van der Waals surface area contributed by atoms with Crippen molar-refractivity contribution in [1.82, 2.24) is 4.90 Å². The van der Waals surface area contributed by atoms with Gasteiger partial charge in [0.2, 0.25) is 0 Å². The van der Waals surface area contributed by atoms with Crippen LogP contribution in [-0.2, 0) is 14.3 Å². The molecule has 4 rings (SSSR count). The first-order valence-corrected chi connectivity index (χ1v) is 10.6. The number of anilines is 1. The number of hydrogen-bond donors (Lipinski definition) is 0. The van der Waals surface area contributed by atoms with Gasteiger partial charge in [0.25, 0.3) is 11.8 Å². The number of rotatable bonds is 5. The van der Waals surface area contributed by atoms with E-state index in [2.05, 4.69) is 0 Å². The molecule has 0 aromatic heterocycles. The number of nitrogens with zero attached hydrogens (tertiary/aromatic N) is 3. The smallest absolute Gasteiger partial charge is 0.282 e. The molecule has 2 aliphatic rings. The molecule has 33 heavy (non-hydrogen) atoms. The molecule has 2 amide bonds. The zero-order valence-electron chi connectivity index (χ0n) is 19.0. The number of carbonyl (C=O) groups excluding carboxylic acids is 2. The summed E-state index contributed by atoms with van der Waals surface area (Å²) in [6.07, 6.45) is -0.195. The van der Waals surface area contributed by atoms with Crippen molar-refractivity contribution in [1.29, 1.82) is 5.26 Å². The van der Waals surface area contributed by atoms with Crippen LogP contribution in [0.5, 0.6) is 11.5 Å². The van der Waals surface area contributed by atoms with E-state index in [1.807, 2.05) is 24.8 Å². The Kier molecular flexibility index (Phi) is 6.07. The molecular formula is C25H25N3O5. The number of amides is 2. The second-order valence-electron chi connectivity index (χ2n) is 8.06. The van der Waals surface area contributed by atoms with Gasteiger partial charge in [0.15, 0.2) is 11.5 Å². The number of nitriles is 1. The number of methoxy groups -OCH3 is 2. The van der Waals surface area contributed by atoms with Gasteiger partial charge < -0.3 is 19.1 Å². The van der Waals surface area contributed by atoms with Crippen molar-refractivity contribution in [3.8, 4) is 17.6 Å². The van der Waals surface area contributed by atoms with Gasteiger partial charge in [-0.05, 0) is 55.8 Å². The summed E-state index contributed by atoms with van der Waals surface area (Å²) in [7, 11) is 3.06. The average Bonchev–Trinajstić information content (AvgIpc) is 3.07. The van der Waals surface area contributed by atoms with Gasteiger partial charge in [-0.1, -0.05) is 6.07 Å². The number of ether oxygens (including phenoxy) is 3. The zero-order chi connectivity index (χ0) is 23.7. The Hall–Kier alpha value is -3.83. The van der Waals surface area contributed by atoms with E-state index in [9.17, 15) is 9.59 Å². The molecule has 2 heterocycles. The molecule has 1 fully saturated rings. The van der Waals surface area contributed by atoms with Crippen LogP contribution in [0.25, 0.3) is 5.57 Å². The highest BCUT2D eigenvalue weighted by Crippen LogP contribution is 2.38. The lowest BCUT2D eigenvalue weighted by Crippen LogP contribution is -2.47. The monoisotopic (exact) mass is 447 g/mol. The van der Waals surface area contributed by atoms with Crippen LogP contribution in [0.15, 0.2) is 48.2 Å². The van der Waals surface area contributed by atoms with E-state index in [-0.39, 0.29) is 12.2 Å². The highest BCUT2D eigenvalue weighted by atomic mass is 16.5. The largest absolute Gasteiger partial charge is 0.493 e. The lowest BCUT2D eigenvalue weighted by molar-refractivity contribution is -0.121. The third-order valence-electron chi connectivity index (χ3n) is 5.72. The molecule has 8 heteroatoms. The van der Waals surface area contributed by atoms with Crippen LogP contribution in [0.4, 0.5) is 5.69 Å². The van der Waals surface area contributed by atoms with E-state index >= 15 is 0 Å². The number of carbonyl (C=O) groups is 2. The van der Waals surface area contributed by atoms with Crippen molar-refractivity contribution >= 4 is 23.1 Å². The molecule has 2 unspecified atom stereocenters. The van der Waals surface area contributed by atoms with Crippen LogP contribution in [0.2, 0.25) is 0 Å². The summed E-state index contributed by atoms with van der Waals surface area (Å²) in [5, 5.41) is 9.10. The van der Waals surface area contributed by atoms with Gasteiger partial charge in [-0.3, -0.25) is 9.59 Å². The predicted octanol–water partition coefficient (Wildman–Crippen LogP) is 2.97. The second-order valence-corrected chi connectivity index (χ2v) is 8.06. The fraction of sp³-hybridized carbons (Fsp3) is 0.320. The summed E-state index contributed by atoms with van der Waals surface area (Å²) in [5.41, 5.74) is 2.04. The van der Waals surface area contributed by atoms with Crippen LogP contribution < -0.4 is 14.4 Å². The van der Waals surface area contributed by atoms with Gasteiger partial charge in [0.1, 0.15) is 5.70 Å². The predicted molar refractivity (Wildman–Crippen MR) is 122 cm³/mol. The maximum absolute atomic E-state index is 13.7. The van der Waals surface area contributed by atoms with Crippen molar-refractivity contribution in [2.45, 2.75) is 26.1 Å². The number of hydrogen-bond acceptors (Lipinski definition) is 7. The van der Waals surface area contributed by atoms with Crippen LogP contribution in [0.3, 0.4) is 0 Å². The van der Waals surface area contributed by atoms with E-state index in [4.69, 9.17) is 19.5 Å². The van der Waals surface area contributed by atoms with Crippen molar-refractivity contribution in [2.75, 3.05) is 32.2 Å². The molecule has 2 aromatic carbocycles. The molecule has 2 aliphatic heterocycles. The fourth-order valence-electron chi connectivity index (χ4n) is 4.34. The quantitative estimate of drug-likeness (QED) is 0.651. The normalized spacial score (nSPS) is 20.8. The Morgan fingerprint density at radius 3 is 2.15 bits per heavy atom. The van der Waals surface area contributed by atoms with Crippen LogP contribution >= 0.6 is 0 Å². The van der Waals surface area contributed by atoms with Crippen LogP contribution in [-0.4, -0.2) is 56.2 Å². The minimum Gasteiger partial charge on any atom is -0.493 e. The average molecular weight is 447 g/mol. The minimum absolute atomic E-state index is 0.0974. The number of morpholine rings is 1. The van der Waals surface area contributed by atoms with Gasteiger partial charge in [-0.25, -0.2) is 4.90 Å². The molecule has 0 aliphatic carbocycles. The van der Waals surface area contributed by atoms with E-state index in [0.29, 0.717) is 52.7 Å². The van der Waals surface area contributed by atoms with Crippen molar-refractivity contribution in [2.24, 2.45) is 0 Å². The van der Waals surface area contributed by atoms with Crippen molar-refractivity contribution in [3.63, 3.8) is 0 Å². The van der Waals surface area contributed by atoms with Gasteiger partial charge in [0, 0.05) is 13.1 Å². The molecule has 0 radical (unpaired) electrons. The van der Waals surface area contributed by atoms with Crippen LogP contribution in [0.1, 0.15) is 25.0 Å².